The van der Waals surface area contributed by atoms with Crippen molar-refractivity contribution >= 4 is 11.6 Å². The molecule has 4 heteroatoms. The molecular formula is C12H18O4. The lowest BCUT2D eigenvalue weighted by Gasteiger charge is -2.32. The summed E-state index contributed by atoms with van der Waals surface area (Å²) in [6.45, 7) is 4.71. The van der Waals surface area contributed by atoms with Crippen molar-refractivity contribution in [2.24, 2.45) is 0 Å². The number of carbonyl (C=O) groups is 2. The minimum absolute atomic E-state index is 0.0116. The Morgan fingerprint density at radius 2 is 1.69 bits per heavy atom. The molecule has 0 bridgehead atoms. The summed E-state index contributed by atoms with van der Waals surface area (Å²) in [5.41, 5.74) is 0. The molecule has 1 rings (SSSR count). The van der Waals surface area contributed by atoms with Crippen LogP contribution >= 0.6 is 0 Å². The van der Waals surface area contributed by atoms with Crippen LogP contribution in [-0.2, 0) is 19.1 Å². The normalized spacial score (nSPS) is 19.1. The zero-order valence-electron chi connectivity index (χ0n) is 9.82. The molecule has 0 aromatic carbocycles. The molecule has 0 aromatic rings. The Labute approximate surface area is 95.6 Å². The molecule has 0 fully saturated rings. The number of rotatable bonds is 6. The van der Waals surface area contributed by atoms with Crippen molar-refractivity contribution in [3.05, 3.63) is 12.2 Å². The van der Waals surface area contributed by atoms with Crippen molar-refractivity contribution in [2.45, 2.75) is 38.9 Å². The molecule has 0 unspecified atom stereocenters. The Hall–Kier alpha value is -1.00. The lowest BCUT2D eigenvalue weighted by atomic mass is 9.98. The van der Waals surface area contributed by atoms with Gasteiger partial charge in [-0.2, -0.15) is 0 Å². The van der Waals surface area contributed by atoms with Crippen LogP contribution < -0.4 is 0 Å². The molecule has 0 heterocycles. The van der Waals surface area contributed by atoms with Crippen LogP contribution in [0.15, 0.2) is 12.2 Å². The number of hydrogen-bond donors (Lipinski definition) is 0. The molecule has 0 aromatic heterocycles. The largest absolute Gasteiger partial charge is 0.343 e. The minimum atomic E-state index is -1.36. The van der Waals surface area contributed by atoms with Gasteiger partial charge < -0.3 is 9.47 Å². The first-order valence-electron chi connectivity index (χ1n) is 5.68. The fourth-order valence-electron chi connectivity index (χ4n) is 1.49. The van der Waals surface area contributed by atoms with E-state index in [0.717, 1.165) is 12.8 Å². The Morgan fingerprint density at radius 3 is 2.19 bits per heavy atom. The molecule has 0 saturated carbocycles. The number of allylic oxidation sites excluding steroid dienone is 1. The van der Waals surface area contributed by atoms with E-state index in [1.165, 1.54) is 12.2 Å². The van der Waals surface area contributed by atoms with Crippen LogP contribution in [0.3, 0.4) is 0 Å². The lowest BCUT2D eigenvalue weighted by Crippen LogP contribution is -2.47. The molecule has 0 aliphatic heterocycles. The van der Waals surface area contributed by atoms with Gasteiger partial charge in [-0.15, -0.1) is 0 Å². The Balaban J connectivity index is 2.79. The van der Waals surface area contributed by atoms with E-state index in [0.29, 0.717) is 13.2 Å². The van der Waals surface area contributed by atoms with Gasteiger partial charge in [-0.05, 0) is 25.0 Å². The second kappa shape index (κ2) is 5.92. The maximum atomic E-state index is 11.8. The van der Waals surface area contributed by atoms with Crippen molar-refractivity contribution < 1.29 is 19.1 Å². The maximum Gasteiger partial charge on any atom is 0.240 e. The molecule has 0 radical (unpaired) electrons. The highest BCUT2D eigenvalue weighted by Gasteiger charge is 2.43. The van der Waals surface area contributed by atoms with Gasteiger partial charge in [0.05, 0.1) is 19.6 Å². The van der Waals surface area contributed by atoms with Crippen molar-refractivity contribution in [1.29, 1.82) is 0 Å². The summed E-state index contributed by atoms with van der Waals surface area (Å²) in [6.07, 6.45) is 4.08. The SMILES string of the molecule is CCCOC1(OCCC)CC(=O)C=CC1=O. The second-order valence-corrected chi connectivity index (χ2v) is 3.79. The zero-order valence-corrected chi connectivity index (χ0v) is 9.82. The summed E-state index contributed by atoms with van der Waals surface area (Å²) in [4.78, 5) is 23.1. The Bertz CT molecular complexity index is 285. The van der Waals surface area contributed by atoms with E-state index in [4.69, 9.17) is 9.47 Å². The molecule has 0 spiro atoms. The molecular weight excluding hydrogens is 208 g/mol. The third-order valence-electron chi connectivity index (χ3n) is 2.28. The van der Waals surface area contributed by atoms with Crippen molar-refractivity contribution in [3.63, 3.8) is 0 Å². The third-order valence-corrected chi connectivity index (χ3v) is 2.28. The molecule has 1 aliphatic carbocycles. The Kier molecular flexibility index (Phi) is 4.83. The first-order valence-corrected chi connectivity index (χ1v) is 5.68. The van der Waals surface area contributed by atoms with Gasteiger partial charge in [-0.1, -0.05) is 13.8 Å². The van der Waals surface area contributed by atoms with Crippen LogP contribution in [0.5, 0.6) is 0 Å². The number of ketones is 2. The zero-order chi connectivity index (χ0) is 12.0. The van der Waals surface area contributed by atoms with Crippen LogP contribution in [0, 0.1) is 0 Å². The molecule has 0 saturated heterocycles. The van der Waals surface area contributed by atoms with E-state index < -0.39 is 5.79 Å². The van der Waals surface area contributed by atoms with Crippen LogP contribution in [0.2, 0.25) is 0 Å². The highest BCUT2D eigenvalue weighted by atomic mass is 16.7. The van der Waals surface area contributed by atoms with E-state index in [2.05, 4.69) is 0 Å². The fourth-order valence-corrected chi connectivity index (χ4v) is 1.49. The standard InChI is InChI=1S/C12H18O4/c1-3-7-15-12(16-8-4-2)9-10(13)5-6-11(12)14/h5-6H,3-4,7-9H2,1-2H3. The highest BCUT2D eigenvalue weighted by molar-refractivity contribution is 6.08. The van der Waals surface area contributed by atoms with Crippen molar-refractivity contribution in [2.75, 3.05) is 13.2 Å². The van der Waals surface area contributed by atoms with Gasteiger partial charge >= 0.3 is 0 Å². The Morgan fingerprint density at radius 1 is 1.12 bits per heavy atom. The molecule has 0 amide bonds. The summed E-state index contributed by atoms with van der Waals surface area (Å²) in [5, 5.41) is 0. The topological polar surface area (TPSA) is 52.6 Å². The molecule has 90 valence electrons. The predicted molar refractivity (Wildman–Crippen MR) is 59.0 cm³/mol. The second-order valence-electron chi connectivity index (χ2n) is 3.79. The van der Waals surface area contributed by atoms with E-state index in [-0.39, 0.29) is 18.0 Å². The third kappa shape index (κ3) is 3.00. The summed E-state index contributed by atoms with van der Waals surface area (Å²) in [5.74, 6) is -1.77. The average molecular weight is 226 g/mol. The first kappa shape index (κ1) is 13.1. The molecule has 16 heavy (non-hydrogen) atoms. The smallest absolute Gasteiger partial charge is 0.240 e. The molecule has 1 aliphatic rings. The van der Waals surface area contributed by atoms with Gasteiger partial charge in [-0.25, -0.2) is 0 Å². The minimum Gasteiger partial charge on any atom is -0.343 e. The van der Waals surface area contributed by atoms with Crippen molar-refractivity contribution in [3.8, 4) is 0 Å². The summed E-state index contributed by atoms with van der Waals surface area (Å²) in [7, 11) is 0. The van der Waals surface area contributed by atoms with Crippen LogP contribution in [0.25, 0.3) is 0 Å². The number of ether oxygens (including phenoxy) is 2. The van der Waals surface area contributed by atoms with Gasteiger partial charge in [0.1, 0.15) is 0 Å². The lowest BCUT2D eigenvalue weighted by molar-refractivity contribution is -0.227. The highest BCUT2D eigenvalue weighted by Crippen LogP contribution is 2.25. The molecule has 0 N–H and O–H groups in total. The van der Waals surface area contributed by atoms with Gasteiger partial charge in [0.25, 0.3) is 0 Å². The van der Waals surface area contributed by atoms with Crippen LogP contribution in [0.1, 0.15) is 33.1 Å². The fraction of sp³-hybridized carbons (Fsp3) is 0.667. The average Bonchev–Trinajstić information content (AvgIpc) is 2.28. The van der Waals surface area contributed by atoms with Crippen LogP contribution in [-0.4, -0.2) is 30.6 Å². The van der Waals surface area contributed by atoms with Gasteiger partial charge in [0.2, 0.25) is 11.6 Å². The molecule has 0 atom stereocenters. The van der Waals surface area contributed by atoms with E-state index in [1.54, 1.807) is 0 Å². The predicted octanol–water partition coefficient (Wildman–Crippen LogP) is 1.63. The van der Waals surface area contributed by atoms with E-state index in [9.17, 15) is 9.59 Å². The summed E-state index contributed by atoms with van der Waals surface area (Å²) >= 11 is 0. The van der Waals surface area contributed by atoms with Crippen molar-refractivity contribution in [1.82, 2.24) is 0 Å². The van der Waals surface area contributed by atoms with Gasteiger partial charge in [0, 0.05) is 0 Å². The molecule has 4 nitrogen and oxygen atoms in total. The van der Waals surface area contributed by atoms with Gasteiger partial charge in [0.15, 0.2) is 5.78 Å². The first-order chi connectivity index (χ1) is 7.64. The number of carbonyl (C=O) groups excluding carboxylic acids is 2. The van der Waals surface area contributed by atoms with E-state index >= 15 is 0 Å². The summed E-state index contributed by atoms with van der Waals surface area (Å²) in [6, 6.07) is 0. The monoisotopic (exact) mass is 226 g/mol. The van der Waals surface area contributed by atoms with Gasteiger partial charge in [-0.3, -0.25) is 9.59 Å². The quantitative estimate of drug-likeness (QED) is 0.646. The summed E-state index contributed by atoms with van der Waals surface area (Å²) < 4.78 is 10.9. The number of hydrogen-bond acceptors (Lipinski definition) is 4. The van der Waals surface area contributed by atoms with Crippen LogP contribution in [0.4, 0.5) is 0 Å². The maximum absolute atomic E-state index is 11.8. The van der Waals surface area contributed by atoms with E-state index in [1.807, 2.05) is 13.8 Å².